The second-order valence-corrected chi connectivity index (χ2v) is 18.0. The summed E-state index contributed by atoms with van der Waals surface area (Å²) in [5, 5.41) is 0. The first-order valence-electron chi connectivity index (χ1n) is 18.3. The highest BCUT2D eigenvalue weighted by Crippen LogP contribution is 2.76. The minimum absolute atomic E-state index is 0.00384. The first-order valence-corrected chi connectivity index (χ1v) is 18.3. The van der Waals surface area contributed by atoms with E-state index in [1.54, 1.807) is 0 Å². The smallest absolute Gasteiger partial charge is 0.127 e. The van der Waals surface area contributed by atoms with Gasteiger partial charge in [0, 0.05) is 5.41 Å². The molecule has 5 aliphatic rings. The van der Waals surface area contributed by atoms with Crippen LogP contribution in [0.4, 0.5) is 0 Å². The Labute approximate surface area is 281 Å². The summed E-state index contributed by atoms with van der Waals surface area (Å²) in [6, 6.07) is 34.3. The van der Waals surface area contributed by atoms with Crippen LogP contribution in [0.3, 0.4) is 0 Å². The van der Waals surface area contributed by atoms with Crippen LogP contribution in [0.5, 0.6) is 23.0 Å². The fourth-order valence-corrected chi connectivity index (χ4v) is 12.1. The molecular formula is C45H50O2. The molecule has 242 valence electrons. The third-order valence-electron chi connectivity index (χ3n) is 13.7. The number of hydrogen-bond acceptors (Lipinski definition) is 2. The first-order chi connectivity index (χ1) is 22.5. The van der Waals surface area contributed by atoms with E-state index in [-0.39, 0.29) is 5.41 Å². The summed E-state index contributed by atoms with van der Waals surface area (Å²) in [6.07, 6.45) is 5.39. The molecule has 4 fully saturated rings. The Hall–Kier alpha value is -3.52. The Morgan fingerprint density at radius 2 is 0.915 bits per heavy atom. The molecule has 9 rings (SSSR count). The third kappa shape index (κ3) is 4.49. The quantitative estimate of drug-likeness (QED) is 0.225. The van der Waals surface area contributed by atoms with E-state index in [1.807, 2.05) is 12.1 Å². The molecule has 4 saturated carbocycles. The van der Waals surface area contributed by atoms with E-state index >= 15 is 0 Å². The topological polar surface area (TPSA) is 18.5 Å². The van der Waals surface area contributed by atoms with Crippen LogP contribution < -0.4 is 9.47 Å². The van der Waals surface area contributed by atoms with Crippen molar-refractivity contribution in [2.24, 2.45) is 58.2 Å². The van der Waals surface area contributed by atoms with Crippen molar-refractivity contribution in [3.63, 3.8) is 0 Å². The second kappa shape index (κ2) is 10.2. The fraction of sp³-hybridized carbons (Fsp3) is 0.467. The van der Waals surface area contributed by atoms with E-state index in [4.69, 9.17) is 9.47 Å². The van der Waals surface area contributed by atoms with Crippen LogP contribution in [0.2, 0.25) is 0 Å². The summed E-state index contributed by atoms with van der Waals surface area (Å²) >= 11 is 0. The molecule has 2 heteroatoms. The van der Waals surface area contributed by atoms with E-state index in [0.717, 1.165) is 70.3 Å². The molecule has 8 atom stereocenters. The molecule has 0 saturated heterocycles. The van der Waals surface area contributed by atoms with Crippen LogP contribution in [-0.4, -0.2) is 0 Å². The Bertz CT molecular complexity index is 1680. The van der Waals surface area contributed by atoms with Crippen molar-refractivity contribution in [3.05, 3.63) is 108 Å². The molecule has 5 aliphatic carbocycles. The van der Waals surface area contributed by atoms with Gasteiger partial charge in [0.2, 0.25) is 0 Å². The Morgan fingerprint density at radius 3 is 1.32 bits per heavy atom. The van der Waals surface area contributed by atoms with Gasteiger partial charge >= 0.3 is 0 Å². The van der Waals surface area contributed by atoms with Gasteiger partial charge in [-0.1, -0.05) is 90.1 Å². The van der Waals surface area contributed by atoms with Crippen LogP contribution >= 0.6 is 0 Å². The lowest BCUT2D eigenvalue weighted by molar-refractivity contribution is 0.0478. The van der Waals surface area contributed by atoms with Gasteiger partial charge in [0.05, 0.1) is 0 Å². The van der Waals surface area contributed by atoms with Crippen molar-refractivity contribution in [1.29, 1.82) is 0 Å². The van der Waals surface area contributed by atoms with Gasteiger partial charge in [0.15, 0.2) is 0 Å². The highest BCUT2D eigenvalue weighted by molar-refractivity contribution is 5.83. The van der Waals surface area contributed by atoms with Crippen molar-refractivity contribution in [2.75, 3.05) is 0 Å². The number of ether oxygens (including phenoxy) is 2. The summed E-state index contributed by atoms with van der Waals surface area (Å²) in [4.78, 5) is 0. The molecule has 1 spiro atoms. The van der Waals surface area contributed by atoms with E-state index in [9.17, 15) is 0 Å². The van der Waals surface area contributed by atoms with Crippen LogP contribution in [0, 0.1) is 58.2 Å². The Morgan fingerprint density at radius 1 is 0.489 bits per heavy atom. The molecule has 0 amide bonds. The molecule has 0 aromatic heterocycles. The highest BCUT2D eigenvalue weighted by Gasteiger charge is 2.70. The van der Waals surface area contributed by atoms with Gasteiger partial charge in [0.1, 0.15) is 23.0 Å². The zero-order valence-corrected chi connectivity index (χ0v) is 29.0. The lowest BCUT2D eigenvalue weighted by Crippen LogP contribution is -2.38. The maximum atomic E-state index is 6.50. The Balaban J connectivity index is 1.14. The first kappa shape index (κ1) is 29.6. The molecular weight excluding hydrogens is 572 g/mol. The predicted molar refractivity (Wildman–Crippen MR) is 191 cm³/mol. The van der Waals surface area contributed by atoms with Gasteiger partial charge in [-0.2, -0.15) is 0 Å². The van der Waals surface area contributed by atoms with Crippen LogP contribution in [-0.2, 0) is 5.41 Å². The molecule has 47 heavy (non-hydrogen) atoms. The second-order valence-electron chi connectivity index (χ2n) is 18.0. The monoisotopic (exact) mass is 622 g/mol. The summed E-state index contributed by atoms with van der Waals surface area (Å²) in [6.45, 7) is 15.2. The highest BCUT2D eigenvalue weighted by atomic mass is 16.5. The normalized spacial score (nSPS) is 31.0. The van der Waals surface area contributed by atoms with Crippen molar-refractivity contribution in [3.8, 4) is 34.1 Å². The lowest BCUT2D eigenvalue weighted by Gasteiger charge is -2.43. The minimum atomic E-state index is -0.00384. The maximum absolute atomic E-state index is 6.50. The summed E-state index contributed by atoms with van der Waals surface area (Å²) in [5.41, 5.74) is 6.46. The summed E-state index contributed by atoms with van der Waals surface area (Å²) in [7, 11) is 0. The van der Waals surface area contributed by atoms with Gasteiger partial charge in [-0.25, -0.2) is 0 Å². The van der Waals surface area contributed by atoms with Crippen molar-refractivity contribution < 1.29 is 9.47 Å². The van der Waals surface area contributed by atoms with Crippen molar-refractivity contribution in [1.82, 2.24) is 0 Å². The number of para-hydroxylation sites is 2. The molecule has 0 N–H and O–H groups in total. The van der Waals surface area contributed by atoms with Gasteiger partial charge in [-0.05, 0) is 155 Å². The fourth-order valence-electron chi connectivity index (χ4n) is 12.1. The minimum Gasteiger partial charge on any atom is -0.457 e. The van der Waals surface area contributed by atoms with E-state index in [1.165, 1.54) is 47.9 Å². The van der Waals surface area contributed by atoms with Crippen LogP contribution in [0.15, 0.2) is 97.1 Å². The number of fused-ring (bicyclic) bond motifs is 13. The SMILES string of the molecule is CC(C)(C)C1CC(C(C)(C)C)C2C3CC(C4CC5(CC43)c3cc(Oc4ccccc4)ccc3-c3ccc(Oc4ccccc4)cc35)C21. The predicted octanol–water partition coefficient (Wildman–Crippen LogP) is 12.2. The summed E-state index contributed by atoms with van der Waals surface area (Å²) < 4.78 is 13.0. The molecule has 0 radical (unpaired) electrons. The maximum Gasteiger partial charge on any atom is 0.127 e. The average molecular weight is 623 g/mol. The molecule has 4 aromatic rings. The number of benzene rings is 4. The summed E-state index contributed by atoms with van der Waals surface area (Å²) in [5.74, 6) is 10.4. The zero-order valence-electron chi connectivity index (χ0n) is 29.0. The van der Waals surface area contributed by atoms with Gasteiger partial charge < -0.3 is 9.47 Å². The van der Waals surface area contributed by atoms with Crippen LogP contribution in [0.25, 0.3) is 11.1 Å². The number of rotatable bonds is 4. The number of hydrogen-bond donors (Lipinski definition) is 0. The standard InChI is InChI=1S/C45H50O2/c1-43(2,3)39-24-40(44(4,5)6)42-34-23-33(41(39)42)35-25-45(26-36(34)35)37-21-29(46-27-13-9-7-10-14-27)17-19-31(37)32-20-18-30(22-38(32)45)47-28-15-11-8-12-16-28/h7-22,33-36,39-42H,23-26H2,1-6H3. The largest absolute Gasteiger partial charge is 0.457 e. The van der Waals surface area contributed by atoms with Gasteiger partial charge in [-0.3, -0.25) is 0 Å². The molecule has 8 unspecified atom stereocenters. The molecule has 0 heterocycles. The van der Waals surface area contributed by atoms with Crippen LogP contribution in [0.1, 0.15) is 78.4 Å². The van der Waals surface area contributed by atoms with E-state index < -0.39 is 0 Å². The molecule has 4 aromatic carbocycles. The molecule has 0 aliphatic heterocycles. The van der Waals surface area contributed by atoms with E-state index in [2.05, 4.69) is 126 Å². The average Bonchev–Trinajstić information content (AvgIpc) is 3.83. The molecule has 2 nitrogen and oxygen atoms in total. The lowest BCUT2D eigenvalue weighted by atomic mass is 9.62. The third-order valence-corrected chi connectivity index (χ3v) is 13.7. The zero-order chi connectivity index (χ0) is 32.3. The van der Waals surface area contributed by atoms with Gasteiger partial charge in [0.25, 0.3) is 0 Å². The van der Waals surface area contributed by atoms with Crippen molar-refractivity contribution >= 4 is 0 Å². The Kier molecular flexibility index (Phi) is 6.45. The molecule has 2 bridgehead atoms. The van der Waals surface area contributed by atoms with Crippen molar-refractivity contribution in [2.45, 2.75) is 72.6 Å². The van der Waals surface area contributed by atoms with E-state index in [0.29, 0.717) is 10.8 Å². The van der Waals surface area contributed by atoms with Gasteiger partial charge in [-0.15, -0.1) is 0 Å².